The molecule has 20 heavy (non-hydrogen) atoms. The van der Waals surface area contributed by atoms with E-state index in [-0.39, 0.29) is 0 Å². The van der Waals surface area contributed by atoms with Crippen molar-refractivity contribution in [2.24, 2.45) is 0 Å². The Balaban J connectivity index is 1.97. The minimum atomic E-state index is 0.480. The van der Waals surface area contributed by atoms with E-state index in [2.05, 4.69) is 16.0 Å². The summed E-state index contributed by atoms with van der Waals surface area (Å²) in [7, 11) is 0. The maximum Gasteiger partial charge on any atom is 0.241 e. The lowest BCUT2D eigenvalue weighted by atomic mass is 10.2. The van der Waals surface area contributed by atoms with Crippen LogP contribution in [0.15, 0.2) is 48.5 Å². The van der Waals surface area contributed by atoms with Crippen molar-refractivity contribution >= 4 is 11.0 Å². The van der Waals surface area contributed by atoms with Gasteiger partial charge in [0.25, 0.3) is 0 Å². The first-order valence-electron chi connectivity index (χ1n) is 6.17. The van der Waals surface area contributed by atoms with Gasteiger partial charge in [-0.1, -0.05) is 12.1 Å². The van der Waals surface area contributed by atoms with E-state index in [1.807, 2.05) is 31.2 Å². The zero-order valence-electron chi connectivity index (χ0n) is 10.9. The number of para-hydroxylation sites is 2. The Kier molecular flexibility index (Phi) is 3.02. The molecule has 96 valence electrons. The van der Waals surface area contributed by atoms with E-state index in [0.717, 1.165) is 16.7 Å². The highest BCUT2D eigenvalue weighted by molar-refractivity contribution is 5.74. The molecule has 0 N–H and O–H groups in total. The highest BCUT2D eigenvalue weighted by Gasteiger charge is 2.07. The second kappa shape index (κ2) is 4.98. The first kappa shape index (κ1) is 12.1. The van der Waals surface area contributed by atoms with Crippen molar-refractivity contribution in [3.05, 3.63) is 59.8 Å². The minimum absolute atomic E-state index is 0.480. The summed E-state index contributed by atoms with van der Waals surface area (Å²) in [5.74, 6) is 1.12. The summed E-state index contributed by atoms with van der Waals surface area (Å²) >= 11 is 0. The van der Waals surface area contributed by atoms with Crippen molar-refractivity contribution in [1.82, 2.24) is 9.97 Å². The van der Waals surface area contributed by atoms with Gasteiger partial charge in [-0.25, -0.2) is 9.97 Å². The third-order valence-electron chi connectivity index (χ3n) is 2.90. The summed E-state index contributed by atoms with van der Waals surface area (Å²) in [6.07, 6.45) is 0. The fraction of sp³-hybridized carbons (Fsp3) is 0.0625. The van der Waals surface area contributed by atoms with E-state index in [1.165, 1.54) is 0 Å². The summed E-state index contributed by atoms with van der Waals surface area (Å²) in [6.45, 7) is 1.86. The number of rotatable bonds is 2. The maximum absolute atomic E-state index is 8.77. The quantitative estimate of drug-likeness (QED) is 0.707. The van der Waals surface area contributed by atoms with Crippen molar-refractivity contribution in [2.75, 3.05) is 0 Å². The van der Waals surface area contributed by atoms with Crippen LogP contribution in [0.25, 0.3) is 11.0 Å². The minimum Gasteiger partial charge on any atom is -0.437 e. The molecule has 3 aromatic rings. The van der Waals surface area contributed by atoms with Crippen LogP contribution in [-0.2, 0) is 0 Å². The summed E-state index contributed by atoms with van der Waals surface area (Å²) < 4.78 is 5.73. The molecule has 0 saturated heterocycles. The molecule has 0 aliphatic carbocycles. The van der Waals surface area contributed by atoms with E-state index >= 15 is 0 Å². The van der Waals surface area contributed by atoms with Crippen LogP contribution in [-0.4, -0.2) is 9.97 Å². The standard InChI is InChI=1S/C16H11N3O/c1-11-16(19-15-5-3-2-4-14(15)18-11)20-13-8-6-12(10-17)7-9-13/h2-9H,1H3. The van der Waals surface area contributed by atoms with Crippen molar-refractivity contribution in [1.29, 1.82) is 5.26 Å². The Labute approximate surface area is 116 Å². The molecule has 4 nitrogen and oxygen atoms in total. The monoisotopic (exact) mass is 261 g/mol. The first-order chi connectivity index (χ1) is 9.76. The van der Waals surface area contributed by atoms with Crippen LogP contribution in [0, 0.1) is 18.3 Å². The van der Waals surface area contributed by atoms with Crippen LogP contribution in [0.4, 0.5) is 0 Å². The average molecular weight is 261 g/mol. The lowest BCUT2D eigenvalue weighted by Gasteiger charge is -2.08. The van der Waals surface area contributed by atoms with E-state index in [4.69, 9.17) is 10.00 Å². The zero-order chi connectivity index (χ0) is 13.9. The molecule has 2 aromatic carbocycles. The Morgan fingerprint density at radius 2 is 1.60 bits per heavy atom. The van der Waals surface area contributed by atoms with Crippen LogP contribution >= 0.6 is 0 Å². The molecule has 0 unspecified atom stereocenters. The third kappa shape index (κ3) is 2.29. The van der Waals surface area contributed by atoms with Gasteiger partial charge in [-0.2, -0.15) is 5.26 Å². The second-order valence-corrected chi connectivity index (χ2v) is 4.34. The molecule has 1 aromatic heterocycles. The number of hydrogen-bond acceptors (Lipinski definition) is 4. The number of hydrogen-bond donors (Lipinski definition) is 0. The number of nitrogens with zero attached hydrogens (tertiary/aromatic N) is 3. The number of benzene rings is 2. The largest absolute Gasteiger partial charge is 0.437 e. The van der Waals surface area contributed by atoms with Gasteiger partial charge in [-0.15, -0.1) is 0 Å². The summed E-state index contributed by atoms with van der Waals surface area (Å²) in [6, 6.07) is 16.6. The topological polar surface area (TPSA) is 58.8 Å². The number of aryl methyl sites for hydroxylation is 1. The average Bonchev–Trinajstić information content (AvgIpc) is 2.49. The third-order valence-corrected chi connectivity index (χ3v) is 2.90. The molecular weight excluding hydrogens is 250 g/mol. The fourth-order valence-electron chi connectivity index (χ4n) is 1.88. The SMILES string of the molecule is Cc1nc2ccccc2nc1Oc1ccc(C#N)cc1. The number of nitriles is 1. The van der Waals surface area contributed by atoms with Crippen LogP contribution in [0.3, 0.4) is 0 Å². The Bertz CT molecular complexity index is 804. The van der Waals surface area contributed by atoms with Gasteiger partial charge in [0.1, 0.15) is 11.4 Å². The van der Waals surface area contributed by atoms with Gasteiger partial charge in [0.05, 0.1) is 22.7 Å². The summed E-state index contributed by atoms with van der Waals surface area (Å²) in [5, 5.41) is 8.77. The Hall–Kier alpha value is -2.93. The molecule has 0 radical (unpaired) electrons. The molecule has 0 aliphatic rings. The van der Waals surface area contributed by atoms with Crippen molar-refractivity contribution in [3.8, 4) is 17.7 Å². The molecule has 0 amide bonds. The van der Waals surface area contributed by atoms with Gasteiger partial charge in [0.2, 0.25) is 5.88 Å². The zero-order valence-corrected chi connectivity index (χ0v) is 10.9. The normalized spacial score (nSPS) is 10.2. The van der Waals surface area contributed by atoms with Gasteiger partial charge in [0.15, 0.2) is 0 Å². The number of aromatic nitrogens is 2. The number of ether oxygens (including phenoxy) is 1. The highest BCUT2D eigenvalue weighted by Crippen LogP contribution is 2.24. The predicted molar refractivity (Wildman–Crippen MR) is 75.5 cm³/mol. The smallest absolute Gasteiger partial charge is 0.241 e. The van der Waals surface area contributed by atoms with Crippen molar-refractivity contribution in [2.45, 2.75) is 6.92 Å². The molecular formula is C16H11N3O. The summed E-state index contributed by atoms with van der Waals surface area (Å²) in [5.41, 5.74) is 2.96. The van der Waals surface area contributed by atoms with Crippen LogP contribution < -0.4 is 4.74 Å². The molecule has 0 bridgehead atoms. The van der Waals surface area contributed by atoms with Crippen LogP contribution in [0.2, 0.25) is 0 Å². The van der Waals surface area contributed by atoms with E-state index in [1.54, 1.807) is 24.3 Å². The lowest BCUT2D eigenvalue weighted by Crippen LogP contribution is -1.95. The van der Waals surface area contributed by atoms with Gasteiger partial charge in [-0.3, -0.25) is 0 Å². The molecule has 0 spiro atoms. The molecule has 0 saturated carbocycles. The second-order valence-electron chi connectivity index (χ2n) is 4.34. The van der Waals surface area contributed by atoms with Crippen LogP contribution in [0.1, 0.15) is 11.3 Å². The highest BCUT2D eigenvalue weighted by atomic mass is 16.5. The van der Waals surface area contributed by atoms with E-state index < -0.39 is 0 Å². The Morgan fingerprint density at radius 1 is 0.950 bits per heavy atom. The van der Waals surface area contributed by atoms with Gasteiger partial charge < -0.3 is 4.74 Å². The summed E-state index contributed by atoms with van der Waals surface area (Å²) in [4.78, 5) is 8.93. The first-order valence-corrected chi connectivity index (χ1v) is 6.17. The molecule has 0 fully saturated rings. The van der Waals surface area contributed by atoms with E-state index in [9.17, 15) is 0 Å². The fourth-order valence-corrected chi connectivity index (χ4v) is 1.88. The number of fused-ring (bicyclic) bond motifs is 1. The van der Waals surface area contributed by atoms with Crippen molar-refractivity contribution < 1.29 is 4.74 Å². The van der Waals surface area contributed by atoms with Gasteiger partial charge in [-0.05, 0) is 43.3 Å². The molecule has 1 heterocycles. The van der Waals surface area contributed by atoms with Crippen molar-refractivity contribution in [3.63, 3.8) is 0 Å². The van der Waals surface area contributed by atoms with Gasteiger partial charge >= 0.3 is 0 Å². The molecule has 4 heteroatoms. The molecule has 0 aliphatic heterocycles. The Morgan fingerprint density at radius 3 is 2.25 bits per heavy atom. The predicted octanol–water partition coefficient (Wildman–Crippen LogP) is 3.60. The lowest BCUT2D eigenvalue weighted by molar-refractivity contribution is 0.458. The maximum atomic E-state index is 8.77. The van der Waals surface area contributed by atoms with E-state index in [0.29, 0.717) is 17.2 Å². The molecule has 0 atom stereocenters. The van der Waals surface area contributed by atoms with Crippen LogP contribution in [0.5, 0.6) is 11.6 Å². The molecule has 3 rings (SSSR count). The van der Waals surface area contributed by atoms with Gasteiger partial charge in [0, 0.05) is 0 Å².